The van der Waals surface area contributed by atoms with E-state index in [4.69, 9.17) is 4.74 Å². The van der Waals surface area contributed by atoms with Gasteiger partial charge in [-0.2, -0.15) is 9.40 Å². The Morgan fingerprint density at radius 2 is 1.84 bits per heavy atom. The van der Waals surface area contributed by atoms with E-state index in [0.717, 1.165) is 16.0 Å². The molecule has 2 amide bonds. The van der Waals surface area contributed by atoms with E-state index in [2.05, 4.69) is 15.7 Å². The number of nitrogens with one attached hydrogen (secondary N) is 2. The van der Waals surface area contributed by atoms with Gasteiger partial charge in [0.05, 0.1) is 26.3 Å². The van der Waals surface area contributed by atoms with Crippen LogP contribution in [0, 0.1) is 0 Å². The number of hydrogen-bond donors (Lipinski definition) is 2. The average Bonchev–Trinajstić information content (AvgIpc) is 3.50. The maximum absolute atomic E-state index is 12.7. The highest BCUT2D eigenvalue weighted by Gasteiger charge is 2.27. The third-order valence-electron chi connectivity index (χ3n) is 4.97. The van der Waals surface area contributed by atoms with Crippen LogP contribution in [-0.2, 0) is 34.4 Å². The van der Waals surface area contributed by atoms with Crippen LogP contribution in [0.15, 0.2) is 59.1 Å². The largest absolute Gasteiger partial charge is 0.379 e. The van der Waals surface area contributed by atoms with Gasteiger partial charge in [-0.1, -0.05) is 24.3 Å². The van der Waals surface area contributed by atoms with Gasteiger partial charge in [0.25, 0.3) is 10.0 Å². The molecule has 1 aliphatic rings. The fraction of sp³-hybridized carbons (Fsp3) is 0.333. The van der Waals surface area contributed by atoms with Crippen molar-refractivity contribution in [2.24, 2.45) is 0 Å². The van der Waals surface area contributed by atoms with Crippen LogP contribution in [0.5, 0.6) is 0 Å². The fourth-order valence-corrected chi connectivity index (χ4v) is 6.20. The molecule has 11 heteroatoms. The SMILES string of the molecule is O=C(NCc1cccc(Cn2cccn2)c1)NCc1ccc(S(=O)(=O)N2CCOCC2)s1. The van der Waals surface area contributed by atoms with Crippen LogP contribution in [0.3, 0.4) is 0 Å². The van der Waals surface area contributed by atoms with Gasteiger partial charge in [0.15, 0.2) is 0 Å². The van der Waals surface area contributed by atoms with Gasteiger partial charge < -0.3 is 15.4 Å². The Labute approximate surface area is 191 Å². The fourth-order valence-electron chi connectivity index (χ4n) is 3.34. The Hall–Kier alpha value is -2.73. The second-order valence-electron chi connectivity index (χ2n) is 7.30. The summed E-state index contributed by atoms with van der Waals surface area (Å²) in [6.45, 7) is 2.85. The van der Waals surface area contributed by atoms with Crippen molar-refractivity contribution in [3.8, 4) is 0 Å². The number of urea groups is 1. The highest BCUT2D eigenvalue weighted by molar-refractivity contribution is 7.91. The number of amides is 2. The molecule has 3 heterocycles. The van der Waals surface area contributed by atoms with E-state index in [1.54, 1.807) is 18.3 Å². The lowest BCUT2D eigenvalue weighted by molar-refractivity contribution is 0.0731. The molecule has 0 aliphatic carbocycles. The first-order valence-corrected chi connectivity index (χ1v) is 12.5. The Balaban J connectivity index is 1.26. The molecule has 9 nitrogen and oxygen atoms in total. The van der Waals surface area contributed by atoms with Crippen LogP contribution in [-0.4, -0.2) is 54.8 Å². The summed E-state index contributed by atoms with van der Waals surface area (Å²) in [6.07, 6.45) is 3.64. The predicted octanol–water partition coefficient (Wildman–Crippen LogP) is 2.01. The van der Waals surface area contributed by atoms with Crippen LogP contribution >= 0.6 is 11.3 Å². The minimum atomic E-state index is -3.51. The Morgan fingerprint density at radius 3 is 2.62 bits per heavy atom. The maximum Gasteiger partial charge on any atom is 0.315 e. The van der Waals surface area contributed by atoms with Gasteiger partial charge in [-0.15, -0.1) is 11.3 Å². The van der Waals surface area contributed by atoms with Gasteiger partial charge in [-0.3, -0.25) is 4.68 Å². The van der Waals surface area contributed by atoms with Crippen LogP contribution in [0.25, 0.3) is 0 Å². The predicted molar refractivity (Wildman–Crippen MR) is 121 cm³/mol. The van der Waals surface area contributed by atoms with E-state index < -0.39 is 10.0 Å². The molecule has 4 rings (SSSR count). The second kappa shape index (κ2) is 10.3. The Kier molecular flexibility index (Phi) is 7.20. The van der Waals surface area contributed by atoms with Crippen molar-refractivity contribution in [2.75, 3.05) is 26.3 Å². The first-order chi connectivity index (χ1) is 15.5. The van der Waals surface area contributed by atoms with Gasteiger partial charge in [-0.05, 0) is 29.3 Å². The number of rotatable bonds is 8. The third kappa shape index (κ3) is 5.74. The van der Waals surface area contributed by atoms with Crippen molar-refractivity contribution >= 4 is 27.4 Å². The average molecular weight is 476 g/mol. The molecule has 2 N–H and O–H groups in total. The zero-order valence-corrected chi connectivity index (χ0v) is 19.1. The number of thiophene rings is 1. The molecule has 3 aromatic rings. The van der Waals surface area contributed by atoms with E-state index in [1.807, 2.05) is 41.2 Å². The molecule has 170 valence electrons. The smallest absolute Gasteiger partial charge is 0.315 e. The second-order valence-corrected chi connectivity index (χ2v) is 10.6. The number of hydrogen-bond acceptors (Lipinski definition) is 6. The van der Waals surface area contributed by atoms with Gasteiger partial charge in [0, 0.05) is 36.9 Å². The summed E-state index contributed by atoms with van der Waals surface area (Å²) in [5, 5.41) is 9.82. The van der Waals surface area contributed by atoms with Crippen molar-refractivity contribution in [1.29, 1.82) is 0 Å². The molecule has 2 aromatic heterocycles. The normalized spacial score (nSPS) is 14.9. The van der Waals surface area contributed by atoms with Gasteiger partial charge in [0.1, 0.15) is 4.21 Å². The molecule has 0 radical (unpaired) electrons. The van der Waals surface area contributed by atoms with E-state index in [0.29, 0.717) is 39.4 Å². The van der Waals surface area contributed by atoms with Crippen molar-refractivity contribution in [3.63, 3.8) is 0 Å². The first kappa shape index (κ1) is 22.5. The van der Waals surface area contributed by atoms with E-state index in [1.165, 1.54) is 15.6 Å². The van der Waals surface area contributed by atoms with E-state index >= 15 is 0 Å². The summed E-state index contributed by atoms with van der Waals surface area (Å²) < 4.78 is 34.2. The summed E-state index contributed by atoms with van der Waals surface area (Å²) >= 11 is 1.17. The molecule has 0 spiro atoms. The zero-order chi connectivity index (χ0) is 22.4. The molecule has 0 bridgehead atoms. The number of morpholine rings is 1. The topological polar surface area (TPSA) is 106 Å². The van der Waals surface area contributed by atoms with Crippen LogP contribution in [0.2, 0.25) is 0 Å². The lowest BCUT2D eigenvalue weighted by Crippen LogP contribution is -2.40. The Morgan fingerprint density at radius 1 is 1.06 bits per heavy atom. The number of sulfonamides is 1. The van der Waals surface area contributed by atoms with Gasteiger partial charge >= 0.3 is 6.03 Å². The molecule has 0 atom stereocenters. The number of carbonyl (C=O) groups excluding carboxylic acids is 1. The van der Waals surface area contributed by atoms with Crippen LogP contribution < -0.4 is 10.6 Å². The third-order valence-corrected chi connectivity index (χ3v) is 8.42. The molecule has 1 saturated heterocycles. The summed E-state index contributed by atoms with van der Waals surface area (Å²) in [4.78, 5) is 13.0. The van der Waals surface area contributed by atoms with Gasteiger partial charge in [-0.25, -0.2) is 13.2 Å². The van der Waals surface area contributed by atoms with Gasteiger partial charge in [0.2, 0.25) is 0 Å². The lowest BCUT2D eigenvalue weighted by Gasteiger charge is -2.25. The lowest BCUT2D eigenvalue weighted by atomic mass is 10.1. The molecule has 1 fully saturated rings. The van der Waals surface area contributed by atoms with Crippen molar-refractivity contribution < 1.29 is 17.9 Å². The number of carbonyl (C=O) groups is 1. The number of nitrogens with zero attached hydrogens (tertiary/aromatic N) is 3. The molecule has 32 heavy (non-hydrogen) atoms. The summed E-state index contributed by atoms with van der Waals surface area (Å²) in [7, 11) is -3.51. The van der Waals surface area contributed by atoms with E-state index in [-0.39, 0.29) is 16.8 Å². The summed E-state index contributed by atoms with van der Waals surface area (Å²) in [6, 6.07) is 12.9. The molecule has 1 aromatic carbocycles. The number of aromatic nitrogens is 2. The molecule has 1 aliphatic heterocycles. The minimum Gasteiger partial charge on any atom is -0.379 e. The highest BCUT2D eigenvalue weighted by Crippen LogP contribution is 2.25. The Bertz CT molecular complexity index is 1140. The first-order valence-electron chi connectivity index (χ1n) is 10.2. The van der Waals surface area contributed by atoms with E-state index in [9.17, 15) is 13.2 Å². The maximum atomic E-state index is 12.7. The molecule has 0 saturated carbocycles. The number of benzene rings is 1. The zero-order valence-electron chi connectivity index (χ0n) is 17.4. The van der Waals surface area contributed by atoms with Crippen molar-refractivity contribution in [1.82, 2.24) is 24.7 Å². The summed E-state index contributed by atoms with van der Waals surface area (Å²) in [5.41, 5.74) is 2.08. The quantitative estimate of drug-likeness (QED) is 0.519. The monoisotopic (exact) mass is 475 g/mol. The van der Waals surface area contributed by atoms with Crippen molar-refractivity contribution in [2.45, 2.75) is 23.8 Å². The highest BCUT2D eigenvalue weighted by atomic mass is 32.2. The van der Waals surface area contributed by atoms with Crippen molar-refractivity contribution in [3.05, 3.63) is 70.9 Å². The summed E-state index contributed by atoms with van der Waals surface area (Å²) in [5.74, 6) is 0. The molecule has 0 unspecified atom stereocenters. The standard InChI is InChI=1S/C21H25N5O4S2/c27-21(22-14-17-3-1-4-18(13-17)16-25-8-2-7-24-25)23-15-19-5-6-20(31-19)32(28,29)26-9-11-30-12-10-26/h1-8,13H,9-12,14-16H2,(H2,22,23,27). The van der Waals surface area contributed by atoms with Crippen LogP contribution in [0.4, 0.5) is 4.79 Å². The molecular weight excluding hydrogens is 450 g/mol. The molecular formula is C21H25N5O4S2. The number of ether oxygens (including phenoxy) is 1. The minimum absolute atomic E-state index is 0.258. The van der Waals surface area contributed by atoms with Crippen LogP contribution in [0.1, 0.15) is 16.0 Å².